The molecule has 0 spiro atoms. The zero-order valence-corrected chi connectivity index (χ0v) is 20.2. The highest BCUT2D eigenvalue weighted by atomic mass is 19.1. The van der Waals surface area contributed by atoms with Gasteiger partial charge in [0.15, 0.2) is 5.82 Å². The van der Waals surface area contributed by atoms with E-state index in [0.29, 0.717) is 58.3 Å². The molecule has 9 heteroatoms. The van der Waals surface area contributed by atoms with Crippen LogP contribution in [0.1, 0.15) is 44.1 Å². The number of amides is 1. The summed E-state index contributed by atoms with van der Waals surface area (Å²) in [6.07, 6.45) is 4.82. The van der Waals surface area contributed by atoms with Crippen molar-refractivity contribution < 1.29 is 23.4 Å². The lowest BCUT2D eigenvalue weighted by atomic mass is 9.97. The lowest BCUT2D eigenvalue weighted by Gasteiger charge is -2.28. The predicted octanol–water partition coefficient (Wildman–Crippen LogP) is 3.41. The molecule has 35 heavy (non-hydrogen) atoms. The SMILES string of the molecule is C[C@H](CC(=O)N1CCOCC1)c1ccc(OC2CCN(c3ncnc(OCC4CC4)c3F)C2)cc1. The quantitative estimate of drug-likeness (QED) is 0.540. The number of hydrogen-bond donors (Lipinski definition) is 0. The number of nitrogens with zero attached hydrogens (tertiary/aromatic N) is 4. The zero-order valence-electron chi connectivity index (χ0n) is 20.2. The second-order valence-electron chi connectivity index (χ2n) is 9.71. The van der Waals surface area contributed by atoms with E-state index in [4.69, 9.17) is 14.2 Å². The molecule has 0 bridgehead atoms. The second-order valence-corrected chi connectivity index (χ2v) is 9.71. The molecule has 3 heterocycles. The predicted molar refractivity (Wildman–Crippen MR) is 128 cm³/mol. The van der Waals surface area contributed by atoms with Crippen molar-refractivity contribution in [1.82, 2.24) is 14.9 Å². The molecular formula is C26H33FN4O4. The number of carbonyl (C=O) groups is 1. The van der Waals surface area contributed by atoms with Crippen LogP contribution in [-0.4, -0.2) is 72.9 Å². The van der Waals surface area contributed by atoms with Crippen LogP contribution in [0.5, 0.6) is 11.6 Å². The molecule has 188 valence electrons. The second kappa shape index (κ2) is 10.8. The summed E-state index contributed by atoms with van der Waals surface area (Å²) in [5, 5.41) is 0. The number of benzene rings is 1. The lowest BCUT2D eigenvalue weighted by molar-refractivity contribution is -0.135. The van der Waals surface area contributed by atoms with Crippen LogP contribution in [-0.2, 0) is 9.53 Å². The molecule has 1 amide bonds. The molecule has 8 nitrogen and oxygen atoms in total. The maximum absolute atomic E-state index is 14.9. The molecule has 2 saturated heterocycles. The van der Waals surface area contributed by atoms with Gasteiger partial charge in [-0.25, -0.2) is 4.98 Å². The van der Waals surface area contributed by atoms with Crippen molar-refractivity contribution >= 4 is 11.7 Å². The van der Waals surface area contributed by atoms with Crippen LogP contribution in [0.3, 0.4) is 0 Å². The van der Waals surface area contributed by atoms with Crippen LogP contribution >= 0.6 is 0 Å². The zero-order chi connectivity index (χ0) is 24.2. The molecule has 0 N–H and O–H groups in total. The molecular weight excluding hydrogens is 451 g/mol. The minimum absolute atomic E-state index is 0.0306. The first-order chi connectivity index (χ1) is 17.1. The summed E-state index contributed by atoms with van der Waals surface area (Å²) in [7, 11) is 0. The Labute approximate surface area is 205 Å². The van der Waals surface area contributed by atoms with Crippen LogP contribution in [0.25, 0.3) is 0 Å². The molecule has 0 radical (unpaired) electrons. The Bertz CT molecular complexity index is 1010. The molecule has 2 aromatic rings. The van der Waals surface area contributed by atoms with Crippen LogP contribution < -0.4 is 14.4 Å². The fourth-order valence-corrected chi connectivity index (χ4v) is 4.55. The Morgan fingerprint density at radius 1 is 1.14 bits per heavy atom. The Balaban J connectivity index is 1.13. The van der Waals surface area contributed by atoms with E-state index in [1.54, 1.807) is 0 Å². The van der Waals surface area contributed by atoms with Crippen molar-refractivity contribution in [2.24, 2.45) is 5.92 Å². The number of ether oxygens (including phenoxy) is 3. The van der Waals surface area contributed by atoms with E-state index in [-0.39, 0.29) is 29.6 Å². The molecule has 1 aliphatic carbocycles. The van der Waals surface area contributed by atoms with E-state index in [1.165, 1.54) is 6.33 Å². The number of morpholine rings is 1. The van der Waals surface area contributed by atoms with Crippen molar-refractivity contribution in [3.63, 3.8) is 0 Å². The Hall–Kier alpha value is -2.94. The van der Waals surface area contributed by atoms with E-state index < -0.39 is 5.82 Å². The van der Waals surface area contributed by atoms with Gasteiger partial charge in [-0.15, -0.1) is 0 Å². The molecule has 1 aromatic heterocycles. The summed E-state index contributed by atoms with van der Waals surface area (Å²) in [5.74, 6) is 1.39. The van der Waals surface area contributed by atoms with Crippen molar-refractivity contribution in [3.8, 4) is 11.6 Å². The number of aromatic nitrogens is 2. The topological polar surface area (TPSA) is 77.0 Å². The van der Waals surface area contributed by atoms with Gasteiger partial charge in [0.2, 0.25) is 11.7 Å². The maximum Gasteiger partial charge on any atom is 0.255 e. The van der Waals surface area contributed by atoms with Crippen LogP contribution in [0.4, 0.5) is 10.2 Å². The van der Waals surface area contributed by atoms with Gasteiger partial charge in [0, 0.05) is 32.5 Å². The number of hydrogen-bond acceptors (Lipinski definition) is 7. The highest BCUT2D eigenvalue weighted by Crippen LogP contribution is 2.32. The van der Waals surface area contributed by atoms with Gasteiger partial charge >= 0.3 is 0 Å². The highest BCUT2D eigenvalue weighted by molar-refractivity contribution is 5.77. The lowest BCUT2D eigenvalue weighted by Crippen LogP contribution is -2.41. The molecule has 1 unspecified atom stereocenters. The standard InChI is InChI=1S/C26H33FN4O4/c1-18(14-23(32)30-10-12-33-13-11-30)20-4-6-21(7-5-20)35-22-8-9-31(15-22)25-24(27)26(29-17-28-25)34-16-19-2-3-19/h4-7,17-19,22H,2-3,8-16H2,1H3/t18-,22?/m1/s1. The van der Waals surface area contributed by atoms with Crippen molar-refractivity contribution in [2.45, 2.75) is 44.6 Å². The molecule has 1 aromatic carbocycles. The van der Waals surface area contributed by atoms with Gasteiger partial charge < -0.3 is 24.0 Å². The summed E-state index contributed by atoms with van der Waals surface area (Å²) in [5.41, 5.74) is 1.11. The Morgan fingerprint density at radius 3 is 2.66 bits per heavy atom. The fraction of sp³-hybridized carbons (Fsp3) is 0.577. The number of halogens is 1. The highest BCUT2D eigenvalue weighted by Gasteiger charge is 2.29. The van der Waals surface area contributed by atoms with E-state index in [2.05, 4.69) is 16.9 Å². The van der Waals surface area contributed by atoms with Gasteiger partial charge in [-0.1, -0.05) is 19.1 Å². The molecule has 2 atom stereocenters. The molecule has 1 saturated carbocycles. The first kappa shape index (κ1) is 23.8. The van der Waals surface area contributed by atoms with Crippen molar-refractivity contribution in [1.29, 1.82) is 0 Å². The van der Waals surface area contributed by atoms with E-state index in [0.717, 1.165) is 30.6 Å². The van der Waals surface area contributed by atoms with Gasteiger partial charge in [-0.3, -0.25) is 4.79 Å². The molecule has 5 rings (SSSR count). The number of anilines is 1. The minimum atomic E-state index is -0.501. The minimum Gasteiger partial charge on any atom is -0.489 e. The first-order valence-electron chi connectivity index (χ1n) is 12.6. The van der Waals surface area contributed by atoms with Crippen molar-refractivity contribution in [3.05, 3.63) is 42.0 Å². The third-order valence-electron chi connectivity index (χ3n) is 6.93. The van der Waals surface area contributed by atoms with Crippen LogP contribution in [0.2, 0.25) is 0 Å². The van der Waals surface area contributed by atoms with E-state index in [9.17, 15) is 9.18 Å². The van der Waals surface area contributed by atoms with Crippen LogP contribution in [0, 0.1) is 11.7 Å². The number of carbonyl (C=O) groups excluding carboxylic acids is 1. The monoisotopic (exact) mass is 484 g/mol. The van der Waals surface area contributed by atoms with Crippen molar-refractivity contribution in [2.75, 3.05) is 50.9 Å². The van der Waals surface area contributed by atoms with Gasteiger partial charge in [-0.05, 0) is 42.4 Å². The maximum atomic E-state index is 14.9. The average molecular weight is 485 g/mol. The van der Waals surface area contributed by atoms with E-state index >= 15 is 0 Å². The third kappa shape index (κ3) is 6.01. The summed E-state index contributed by atoms with van der Waals surface area (Å²) >= 11 is 0. The summed E-state index contributed by atoms with van der Waals surface area (Å²) in [6, 6.07) is 7.94. The fourth-order valence-electron chi connectivity index (χ4n) is 4.55. The Morgan fingerprint density at radius 2 is 1.91 bits per heavy atom. The first-order valence-corrected chi connectivity index (χ1v) is 12.6. The normalized spacial score (nSPS) is 21.1. The van der Waals surface area contributed by atoms with Gasteiger partial charge in [0.1, 0.15) is 18.2 Å². The summed E-state index contributed by atoms with van der Waals surface area (Å²) in [4.78, 5) is 24.4. The molecule has 3 aliphatic rings. The largest absolute Gasteiger partial charge is 0.489 e. The third-order valence-corrected chi connectivity index (χ3v) is 6.93. The summed E-state index contributed by atoms with van der Waals surface area (Å²) < 4.78 is 32.0. The Kier molecular flexibility index (Phi) is 7.32. The molecule has 2 aliphatic heterocycles. The van der Waals surface area contributed by atoms with Gasteiger partial charge in [0.05, 0.1) is 26.4 Å². The van der Waals surface area contributed by atoms with E-state index in [1.807, 2.05) is 34.1 Å². The summed E-state index contributed by atoms with van der Waals surface area (Å²) in [6.45, 7) is 6.35. The van der Waals surface area contributed by atoms with Gasteiger partial charge in [0.25, 0.3) is 5.88 Å². The number of rotatable bonds is 9. The van der Waals surface area contributed by atoms with Gasteiger partial charge in [-0.2, -0.15) is 9.37 Å². The molecule has 3 fully saturated rings. The van der Waals surface area contributed by atoms with Crippen LogP contribution in [0.15, 0.2) is 30.6 Å². The average Bonchev–Trinajstić information content (AvgIpc) is 3.61. The smallest absolute Gasteiger partial charge is 0.255 e.